The fourth-order valence-corrected chi connectivity index (χ4v) is 3.50. The van der Waals surface area contributed by atoms with Crippen molar-refractivity contribution in [2.24, 2.45) is 0 Å². The van der Waals surface area contributed by atoms with E-state index in [2.05, 4.69) is 15.0 Å². The van der Waals surface area contributed by atoms with Crippen LogP contribution in [0.1, 0.15) is 19.3 Å². The van der Waals surface area contributed by atoms with Crippen LogP contribution in [0.25, 0.3) is 11.0 Å². The van der Waals surface area contributed by atoms with Crippen molar-refractivity contribution >= 4 is 22.8 Å². The topological polar surface area (TPSA) is 65.1 Å². The summed E-state index contributed by atoms with van der Waals surface area (Å²) in [6.07, 6.45) is -1.14. The molecule has 9 heteroatoms. The van der Waals surface area contributed by atoms with Crippen molar-refractivity contribution in [3.8, 4) is 0 Å². The van der Waals surface area contributed by atoms with Gasteiger partial charge in [0, 0.05) is 25.8 Å². The standard InChI is InChI=1S/C15H16F3N5O/c16-15(17,18)7-11(24)23-6-5-22(8-14(23)2-3-14)13-10-1-4-19-12(10)20-9-21-13/h1,4,9H,2-3,5-8H2,(H,19,20,21). The van der Waals surface area contributed by atoms with Gasteiger partial charge >= 0.3 is 6.18 Å². The molecule has 2 fully saturated rings. The first kappa shape index (κ1) is 15.2. The molecule has 2 aromatic rings. The molecule has 1 saturated carbocycles. The van der Waals surface area contributed by atoms with Gasteiger partial charge in [-0.2, -0.15) is 13.2 Å². The van der Waals surface area contributed by atoms with Crippen LogP contribution in [0, 0.1) is 0 Å². The number of carbonyl (C=O) groups excluding carboxylic acids is 1. The van der Waals surface area contributed by atoms with E-state index < -0.39 is 24.0 Å². The first-order valence-corrected chi connectivity index (χ1v) is 7.78. The number of halogens is 3. The van der Waals surface area contributed by atoms with Crippen molar-refractivity contribution in [1.82, 2.24) is 19.9 Å². The molecule has 1 amide bonds. The molecule has 2 aromatic heterocycles. The molecule has 4 rings (SSSR count). The van der Waals surface area contributed by atoms with Gasteiger partial charge < -0.3 is 14.8 Å². The molecule has 0 radical (unpaired) electrons. The molecular formula is C15H16F3N5O. The Morgan fingerprint density at radius 2 is 2.08 bits per heavy atom. The molecule has 3 heterocycles. The van der Waals surface area contributed by atoms with Gasteiger partial charge in [0.25, 0.3) is 0 Å². The number of fused-ring (bicyclic) bond motifs is 1. The minimum absolute atomic E-state index is 0.283. The number of hydrogen-bond donors (Lipinski definition) is 1. The highest BCUT2D eigenvalue weighted by Crippen LogP contribution is 2.46. The zero-order valence-corrected chi connectivity index (χ0v) is 12.8. The van der Waals surface area contributed by atoms with E-state index in [9.17, 15) is 18.0 Å². The van der Waals surface area contributed by atoms with Gasteiger partial charge in [0.1, 0.15) is 24.2 Å². The second kappa shape index (κ2) is 5.09. The van der Waals surface area contributed by atoms with Crippen LogP contribution in [0.2, 0.25) is 0 Å². The molecule has 2 aliphatic rings. The average molecular weight is 339 g/mol. The zero-order chi connectivity index (χ0) is 16.9. The van der Waals surface area contributed by atoms with Crippen molar-refractivity contribution in [3.05, 3.63) is 18.6 Å². The lowest BCUT2D eigenvalue weighted by molar-refractivity contribution is -0.164. The summed E-state index contributed by atoms with van der Waals surface area (Å²) in [7, 11) is 0. The molecule has 1 spiro atoms. The number of anilines is 1. The predicted octanol–water partition coefficient (Wildman–Crippen LogP) is 2.09. The maximum Gasteiger partial charge on any atom is 0.397 e. The van der Waals surface area contributed by atoms with Crippen LogP contribution in [0.15, 0.2) is 18.6 Å². The van der Waals surface area contributed by atoms with Crippen molar-refractivity contribution in [2.45, 2.75) is 31.0 Å². The third kappa shape index (κ3) is 2.57. The molecule has 6 nitrogen and oxygen atoms in total. The molecule has 1 aliphatic heterocycles. The molecule has 1 saturated heterocycles. The van der Waals surface area contributed by atoms with Gasteiger partial charge in [0.05, 0.1) is 10.9 Å². The van der Waals surface area contributed by atoms with E-state index in [1.165, 1.54) is 11.2 Å². The van der Waals surface area contributed by atoms with Gasteiger partial charge in [-0.1, -0.05) is 0 Å². The number of piperazine rings is 1. The van der Waals surface area contributed by atoms with E-state index in [0.29, 0.717) is 13.1 Å². The lowest BCUT2D eigenvalue weighted by Crippen LogP contribution is -2.57. The van der Waals surface area contributed by atoms with Crippen molar-refractivity contribution in [1.29, 1.82) is 0 Å². The molecule has 0 atom stereocenters. The van der Waals surface area contributed by atoms with Crippen LogP contribution in [-0.4, -0.2) is 57.1 Å². The van der Waals surface area contributed by atoms with E-state index in [-0.39, 0.29) is 6.54 Å². The van der Waals surface area contributed by atoms with E-state index in [1.807, 2.05) is 11.0 Å². The molecule has 0 unspecified atom stereocenters. The Morgan fingerprint density at radius 1 is 1.29 bits per heavy atom. The highest BCUT2D eigenvalue weighted by atomic mass is 19.4. The quantitative estimate of drug-likeness (QED) is 0.910. The van der Waals surface area contributed by atoms with E-state index in [1.54, 1.807) is 6.20 Å². The fourth-order valence-electron chi connectivity index (χ4n) is 3.50. The van der Waals surface area contributed by atoms with Crippen LogP contribution >= 0.6 is 0 Å². The number of nitrogens with one attached hydrogen (secondary N) is 1. The van der Waals surface area contributed by atoms with Crippen LogP contribution in [-0.2, 0) is 4.79 Å². The van der Waals surface area contributed by atoms with Gasteiger partial charge in [-0.3, -0.25) is 4.79 Å². The number of nitrogens with zero attached hydrogens (tertiary/aromatic N) is 4. The normalized spacial score (nSPS) is 20.0. The number of rotatable bonds is 2. The lowest BCUT2D eigenvalue weighted by atomic mass is 10.1. The van der Waals surface area contributed by atoms with Crippen molar-refractivity contribution < 1.29 is 18.0 Å². The third-order valence-corrected chi connectivity index (χ3v) is 4.76. The number of hydrogen-bond acceptors (Lipinski definition) is 4. The summed E-state index contributed by atoms with van der Waals surface area (Å²) in [6, 6.07) is 1.88. The monoisotopic (exact) mass is 339 g/mol. The van der Waals surface area contributed by atoms with Crippen LogP contribution < -0.4 is 4.90 Å². The molecule has 1 N–H and O–H groups in total. The molecule has 24 heavy (non-hydrogen) atoms. The summed E-state index contributed by atoms with van der Waals surface area (Å²) in [5.41, 5.74) is 0.245. The zero-order valence-electron chi connectivity index (χ0n) is 12.8. The highest BCUT2D eigenvalue weighted by molar-refractivity contribution is 5.87. The smallest absolute Gasteiger partial charge is 0.352 e. The molecule has 1 aliphatic carbocycles. The Kier molecular flexibility index (Phi) is 3.23. The number of H-pyrrole nitrogens is 1. The Labute approximate surface area is 135 Å². The first-order valence-electron chi connectivity index (χ1n) is 7.78. The Hall–Kier alpha value is -2.32. The number of alkyl halides is 3. The van der Waals surface area contributed by atoms with Gasteiger partial charge in [-0.05, 0) is 18.9 Å². The molecule has 0 bridgehead atoms. The van der Waals surface area contributed by atoms with Gasteiger partial charge in [-0.15, -0.1) is 0 Å². The first-order chi connectivity index (χ1) is 11.4. The van der Waals surface area contributed by atoms with Crippen molar-refractivity contribution in [2.75, 3.05) is 24.5 Å². The molecule has 0 aromatic carbocycles. The summed E-state index contributed by atoms with van der Waals surface area (Å²) < 4.78 is 37.6. The highest BCUT2D eigenvalue weighted by Gasteiger charge is 2.54. The largest absolute Gasteiger partial charge is 0.397 e. The number of aromatic amines is 1. The Bertz CT molecular complexity index is 783. The summed E-state index contributed by atoms with van der Waals surface area (Å²) in [6.45, 7) is 1.25. The van der Waals surface area contributed by atoms with E-state index >= 15 is 0 Å². The summed E-state index contributed by atoms with van der Waals surface area (Å²) in [4.78, 5) is 27.0. The van der Waals surface area contributed by atoms with E-state index in [4.69, 9.17) is 0 Å². The predicted molar refractivity (Wildman–Crippen MR) is 80.5 cm³/mol. The number of aromatic nitrogens is 3. The van der Waals surface area contributed by atoms with Crippen LogP contribution in [0.5, 0.6) is 0 Å². The van der Waals surface area contributed by atoms with Gasteiger partial charge in [0.2, 0.25) is 5.91 Å². The number of amides is 1. The maximum atomic E-state index is 12.5. The van der Waals surface area contributed by atoms with Crippen LogP contribution in [0.4, 0.5) is 19.0 Å². The van der Waals surface area contributed by atoms with Gasteiger partial charge in [-0.25, -0.2) is 9.97 Å². The summed E-state index contributed by atoms with van der Waals surface area (Å²) >= 11 is 0. The number of carbonyl (C=O) groups is 1. The minimum Gasteiger partial charge on any atom is -0.352 e. The van der Waals surface area contributed by atoms with Crippen LogP contribution in [0.3, 0.4) is 0 Å². The van der Waals surface area contributed by atoms with E-state index in [0.717, 1.165) is 29.7 Å². The third-order valence-electron chi connectivity index (χ3n) is 4.76. The van der Waals surface area contributed by atoms with Gasteiger partial charge in [0.15, 0.2) is 0 Å². The second-order valence-corrected chi connectivity index (χ2v) is 6.42. The SMILES string of the molecule is O=C(CC(F)(F)F)N1CCN(c2ncnc3[nH]ccc23)CC12CC2. The second-order valence-electron chi connectivity index (χ2n) is 6.42. The minimum atomic E-state index is -4.46. The molecular weight excluding hydrogens is 323 g/mol. The Balaban J connectivity index is 1.56. The Morgan fingerprint density at radius 3 is 2.79 bits per heavy atom. The maximum absolute atomic E-state index is 12.5. The summed E-state index contributed by atoms with van der Waals surface area (Å²) in [5.74, 6) is -0.0652. The molecule has 128 valence electrons. The summed E-state index contributed by atoms with van der Waals surface area (Å²) in [5, 5.41) is 0.878. The average Bonchev–Trinajstić information content (AvgIpc) is 3.09. The fraction of sp³-hybridized carbons (Fsp3) is 0.533. The van der Waals surface area contributed by atoms with Crippen molar-refractivity contribution in [3.63, 3.8) is 0 Å². The lowest BCUT2D eigenvalue weighted by Gasteiger charge is -2.43.